The van der Waals surface area contributed by atoms with E-state index in [-0.39, 0.29) is 18.5 Å². The van der Waals surface area contributed by atoms with E-state index < -0.39 is 41.1 Å². The number of ketones is 3. The molecule has 3 unspecified atom stereocenters. The lowest BCUT2D eigenvalue weighted by molar-refractivity contribution is -0.151. The van der Waals surface area contributed by atoms with Crippen molar-refractivity contribution in [1.29, 1.82) is 0 Å². The molecule has 0 aromatic rings. The minimum atomic E-state index is -1.55. The molecule has 0 spiro atoms. The molecule has 19 heavy (non-hydrogen) atoms. The fourth-order valence-electron chi connectivity index (χ4n) is 2.37. The third-order valence-electron chi connectivity index (χ3n) is 3.28. The number of aldehydes is 2. The molecule has 0 bridgehead atoms. The molecular formula is C13H17NO5. The van der Waals surface area contributed by atoms with Gasteiger partial charge in [0.1, 0.15) is 24.4 Å². The molecule has 1 fully saturated rings. The van der Waals surface area contributed by atoms with Crippen molar-refractivity contribution < 1.29 is 24.0 Å². The van der Waals surface area contributed by atoms with Crippen molar-refractivity contribution in [3.8, 4) is 0 Å². The van der Waals surface area contributed by atoms with Crippen molar-refractivity contribution in [2.45, 2.75) is 26.3 Å². The van der Waals surface area contributed by atoms with Crippen LogP contribution in [0.15, 0.2) is 0 Å². The van der Waals surface area contributed by atoms with Gasteiger partial charge >= 0.3 is 0 Å². The van der Waals surface area contributed by atoms with E-state index in [0.29, 0.717) is 6.42 Å². The summed E-state index contributed by atoms with van der Waals surface area (Å²) in [6, 6.07) is -0.780. The zero-order chi connectivity index (χ0) is 14.7. The summed E-state index contributed by atoms with van der Waals surface area (Å²) in [6.07, 6.45) is 0.763. The topological polar surface area (TPSA) is 111 Å². The highest BCUT2D eigenvalue weighted by Crippen LogP contribution is 2.27. The number of carbonyl (C=O) groups is 5. The summed E-state index contributed by atoms with van der Waals surface area (Å²) >= 11 is 0. The Bertz CT molecular complexity index is 399. The van der Waals surface area contributed by atoms with E-state index >= 15 is 0 Å². The smallest absolute Gasteiger partial charge is 0.168 e. The lowest BCUT2D eigenvalue weighted by Crippen LogP contribution is -2.55. The number of nitrogens with two attached hydrogens (primary N) is 1. The van der Waals surface area contributed by atoms with E-state index in [4.69, 9.17) is 5.73 Å². The van der Waals surface area contributed by atoms with Crippen LogP contribution in [0.4, 0.5) is 0 Å². The quantitative estimate of drug-likeness (QED) is 0.522. The van der Waals surface area contributed by atoms with Crippen LogP contribution in [-0.4, -0.2) is 36.0 Å². The molecule has 6 nitrogen and oxygen atoms in total. The average molecular weight is 267 g/mol. The van der Waals surface area contributed by atoms with Crippen LogP contribution in [0.5, 0.6) is 0 Å². The van der Waals surface area contributed by atoms with Crippen LogP contribution in [0.2, 0.25) is 0 Å². The Kier molecular flexibility index (Phi) is 4.83. The van der Waals surface area contributed by atoms with Gasteiger partial charge in [-0.15, -0.1) is 0 Å². The number of hydrogen-bond donors (Lipinski definition) is 1. The van der Waals surface area contributed by atoms with E-state index in [9.17, 15) is 24.0 Å². The monoisotopic (exact) mass is 267 g/mol. The van der Waals surface area contributed by atoms with Crippen LogP contribution in [0.1, 0.15) is 20.3 Å². The fourth-order valence-corrected chi connectivity index (χ4v) is 2.37. The van der Waals surface area contributed by atoms with Gasteiger partial charge in [-0.25, -0.2) is 0 Å². The molecule has 1 rings (SSSR count). The molecule has 1 aliphatic carbocycles. The van der Waals surface area contributed by atoms with E-state index in [1.54, 1.807) is 0 Å². The van der Waals surface area contributed by atoms with Crippen LogP contribution in [0.25, 0.3) is 0 Å². The first-order valence-corrected chi connectivity index (χ1v) is 6.12. The van der Waals surface area contributed by atoms with Crippen LogP contribution in [-0.2, 0) is 24.0 Å². The van der Waals surface area contributed by atoms with Crippen LogP contribution >= 0.6 is 0 Å². The van der Waals surface area contributed by atoms with Gasteiger partial charge in [0.05, 0.1) is 5.92 Å². The van der Waals surface area contributed by atoms with Gasteiger partial charge in [0.15, 0.2) is 17.3 Å². The summed E-state index contributed by atoms with van der Waals surface area (Å²) in [7, 11) is 0. The fraction of sp³-hybridized carbons (Fsp3) is 0.615. The van der Waals surface area contributed by atoms with E-state index in [1.807, 2.05) is 13.8 Å². The van der Waals surface area contributed by atoms with Crippen molar-refractivity contribution in [3.05, 3.63) is 0 Å². The van der Waals surface area contributed by atoms with Crippen molar-refractivity contribution in [2.75, 3.05) is 0 Å². The lowest BCUT2D eigenvalue weighted by Gasteiger charge is -2.30. The van der Waals surface area contributed by atoms with Gasteiger partial charge in [0, 0.05) is 6.04 Å². The molecule has 6 heteroatoms. The van der Waals surface area contributed by atoms with E-state index in [1.165, 1.54) is 0 Å². The molecular weight excluding hydrogens is 250 g/mol. The highest BCUT2D eigenvalue weighted by molar-refractivity contribution is 6.33. The zero-order valence-electron chi connectivity index (χ0n) is 10.9. The van der Waals surface area contributed by atoms with Crippen molar-refractivity contribution >= 4 is 29.9 Å². The van der Waals surface area contributed by atoms with Gasteiger partial charge in [-0.3, -0.25) is 14.4 Å². The largest absolute Gasteiger partial charge is 0.327 e. The van der Waals surface area contributed by atoms with Crippen molar-refractivity contribution in [2.24, 2.45) is 29.4 Å². The highest BCUT2D eigenvalue weighted by Gasteiger charge is 2.50. The predicted octanol–water partition coefficient (Wildman–Crippen LogP) is -0.673. The summed E-state index contributed by atoms with van der Waals surface area (Å²) in [5.41, 5.74) is 5.82. The van der Waals surface area contributed by atoms with E-state index in [2.05, 4.69) is 0 Å². The summed E-state index contributed by atoms with van der Waals surface area (Å²) in [5.74, 6) is -6.68. The third-order valence-corrected chi connectivity index (χ3v) is 3.28. The molecule has 0 aromatic carbocycles. The lowest BCUT2D eigenvalue weighted by atomic mass is 9.69. The Morgan fingerprint density at radius 2 is 1.42 bits per heavy atom. The van der Waals surface area contributed by atoms with E-state index in [0.717, 1.165) is 0 Å². The first-order valence-electron chi connectivity index (χ1n) is 6.12. The second kappa shape index (κ2) is 5.97. The second-order valence-corrected chi connectivity index (χ2v) is 5.21. The summed E-state index contributed by atoms with van der Waals surface area (Å²) in [5, 5.41) is 0. The summed E-state index contributed by atoms with van der Waals surface area (Å²) < 4.78 is 0. The van der Waals surface area contributed by atoms with Gasteiger partial charge in [-0.1, -0.05) is 13.8 Å². The molecule has 3 atom stereocenters. The molecule has 0 amide bonds. The number of Topliss-reactive ketones (excluding diaryl/α,β-unsaturated/α-hetero) is 3. The predicted molar refractivity (Wildman–Crippen MR) is 65.0 cm³/mol. The van der Waals surface area contributed by atoms with Crippen LogP contribution < -0.4 is 5.73 Å². The maximum atomic E-state index is 12.0. The Labute approximate surface area is 110 Å². The number of carbonyl (C=O) groups excluding carboxylic acids is 5. The zero-order valence-corrected chi connectivity index (χ0v) is 10.9. The van der Waals surface area contributed by atoms with Crippen molar-refractivity contribution in [1.82, 2.24) is 0 Å². The van der Waals surface area contributed by atoms with Gasteiger partial charge < -0.3 is 15.3 Å². The average Bonchev–Trinajstić information content (AvgIpc) is 2.28. The Balaban J connectivity index is 3.11. The molecule has 0 saturated heterocycles. The standard InChI is InChI=1S/C13H17NO5/c1-6(2)3-9(14)10-12(18)7(4-15)11(17)8(5-16)13(10)19/h4-10H,3,14H2,1-2H3. The summed E-state index contributed by atoms with van der Waals surface area (Å²) in [4.78, 5) is 57.3. The number of rotatable bonds is 5. The van der Waals surface area contributed by atoms with Gasteiger partial charge in [-0.2, -0.15) is 0 Å². The number of hydrogen-bond acceptors (Lipinski definition) is 6. The molecule has 2 N–H and O–H groups in total. The molecule has 0 radical (unpaired) electrons. The molecule has 1 saturated carbocycles. The maximum Gasteiger partial charge on any atom is 0.168 e. The first kappa shape index (κ1) is 15.4. The maximum absolute atomic E-state index is 12.0. The van der Waals surface area contributed by atoms with Crippen LogP contribution in [0, 0.1) is 23.7 Å². The van der Waals surface area contributed by atoms with Crippen LogP contribution in [0.3, 0.4) is 0 Å². The molecule has 0 aromatic heterocycles. The minimum Gasteiger partial charge on any atom is -0.327 e. The Morgan fingerprint density at radius 3 is 1.74 bits per heavy atom. The van der Waals surface area contributed by atoms with Crippen molar-refractivity contribution in [3.63, 3.8) is 0 Å². The Hall–Kier alpha value is -1.69. The van der Waals surface area contributed by atoms with Gasteiger partial charge in [0.2, 0.25) is 0 Å². The normalized spacial score (nSPS) is 29.5. The minimum absolute atomic E-state index is 0.151. The second-order valence-electron chi connectivity index (χ2n) is 5.21. The molecule has 1 aliphatic rings. The third kappa shape index (κ3) is 2.84. The Morgan fingerprint density at radius 1 is 1.00 bits per heavy atom. The van der Waals surface area contributed by atoms with Gasteiger partial charge in [-0.05, 0) is 12.3 Å². The first-order chi connectivity index (χ1) is 8.84. The molecule has 104 valence electrons. The SMILES string of the molecule is CC(C)CC(N)C1C(=O)C(C=O)C(=O)C(C=O)C1=O. The highest BCUT2D eigenvalue weighted by atomic mass is 16.2. The molecule has 0 heterocycles. The van der Waals surface area contributed by atoms with Gasteiger partial charge in [0.25, 0.3) is 0 Å². The summed E-state index contributed by atoms with van der Waals surface area (Å²) in [6.45, 7) is 3.74. The molecule has 0 aliphatic heterocycles.